The average Bonchev–Trinajstić information content (AvgIpc) is 2.68. The van der Waals surface area contributed by atoms with Gasteiger partial charge in [-0.15, -0.1) is 0 Å². The number of carbonyl (C=O) groups excluding carboxylic acids is 1. The van der Waals surface area contributed by atoms with E-state index in [-0.39, 0.29) is 0 Å². The van der Waals surface area contributed by atoms with Crippen LogP contribution in [-0.2, 0) is 14.3 Å². The number of amides is 1. The summed E-state index contributed by atoms with van der Waals surface area (Å²) in [6, 6.07) is -1.39. The molecule has 0 aromatic carbocycles. The zero-order valence-corrected chi connectivity index (χ0v) is 11.9. The highest BCUT2D eigenvalue weighted by atomic mass is 19.3. The molecule has 2 atom stereocenters. The Bertz CT molecular complexity index is 396. The van der Waals surface area contributed by atoms with Crippen molar-refractivity contribution in [1.82, 2.24) is 4.90 Å². The molecule has 1 amide bonds. The lowest BCUT2D eigenvalue weighted by Gasteiger charge is -2.28. The molecule has 0 unspecified atom stereocenters. The van der Waals surface area contributed by atoms with Crippen LogP contribution in [0.1, 0.15) is 27.2 Å². The van der Waals surface area contributed by atoms with Crippen molar-refractivity contribution >= 4 is 12.1 Å². The van der Waals surface area contributed by atoms with E-state index in [1.165, 1.54) is 0 Å². The monoisotopic (exact) mass is 295 g/mol. The number of carbonyl (C=O) groups is 2. The Labute approximate surface area is 115 Å². The first-order chi connectivity index (χ1) is 9.02. The second-order valence-corrected chi connectivity index (χ2v) is 5.74. The number of halogens is 2. The number of aliphatic carboxylic acids is 1. The number of carboxylic acids is 1. The molecule has 1 aliphatic heterocycles. The summed E-state index contributed by atoms with van der Waals surface area (Å²) in [6.07, 6.45) is -4.32. The number of rotatable bonds is 3. The molecule has 0 spiro atoms. The molecule has 6 nitrogen and oxygen atoms in total. The first kappa shape index (κ1) is 16.6. The molecule has 1 N–H and O–H groups in total. The van der Waals surface area contributed by atoms with Crippen molar-refractivity contribution in [3.05, 3.63) is 0 Å². The SMILES string of the molecule is CO[C@@]1(C(F)F)C[C@@H](C(=O)O)N(C(=O)OC(C)(C)C)C1. The van der Waals surface area contributed by atoms with Gasteiger partial charge in [-0.1, -0.05) is 0 Å². The predicted octanol–water partition coefficient (Wildman–Crippen LogP) is 1.73. The fraction of sp³-hybridized carbons (Fsp3) is 0.833. The summed E-state index contributed by atoms with van der Waals surface area (Å²) in [7, 11) is 1.07. The smallest absolute Gasteiger partial charge is 0.411 e. The van der Waals surface area contributed by atoms with Crippen molar-refractivity contribution in [3.63, 3.8) is 0 Å². The second-order valence-electron chi connectivity index (χ2n) is 5.74. The summed E-state index contributed by atoms with van der Waals surface area (Å²) in [6.45, 7) is 4.29. The molecule has 8 heteroatoms. The van der Waals surface area contributed by atoms with Gasteiger partial charge in [0.05, 0.1) is 6.54 Å². The summed E-state index contributed by atoms with van der Waals surface area (Å²) in [5.74, 6) is -1.37. The molecule has 0 saturated carbocycles. The minimum absolute atomic E-state index is 0.476. The lowest BCUT2D eigenvalue weighted by Crippen LogP contribution is -2.45. The molecule has 1 fully saturated rings. The lowest BCUT2D eigenvalue weighted by atomic mass is 10.0. The number of carboxylic acid groups (broad SMARTS) is 1. The van der Waals surface area contributed by atoms with Gasteiger partial charge in [0.15, 0.2) is 0 Å². The summed E-state index contributed by atoms with van der Waals surface area (Å²) in [5.41, 5.74) is -2.82. The zero-order valence-electron chi connectivity index (χ0n) is 11.9. The number of methoxy groups -OCH3 is 1. The van der Waals surface area contributed by atoms with Crippen LogP contribution < -0.4 is 0 Å². The van der Waals surface area contributed by atoms with E-state index in [9.17, 15) is 18.4 Å². The van der Waals surface area contributed by atoms with E-state index in [0.29, 0.717) is 0 Å². The number of alkyl halides is 2. The molecule has 0 aliphatic carbocycles. The topological polar surface area (TPSA) is 76.1 Å². The van der Waals surface area contributed by atoms with Gasteiger partial charge in [-0.05, 0) is 20.8 Å². The highest BCUT2D eigenvalue weighted by molar-refractivity contribution is 5.81. The molecule has 20 heavy (non-hydrogen) atoms. The summed E-state index contributed by atoms with van der Waals surface area (Å²) < 4.78 is 36.1. The van der Waals surface area contributed by atoms with Gasteiger partial charge in [-0.2, -0.15) is 0 Å². The van der Waals surface area contributed by atoms with Crippen LogP contribution >= 0.6 is 0 Å². The molecular weight excluding hydrogens is 276 g/mol. The van der Waals surface area contributed by atoms with Crippen molar-refractivity contribution < 1.29 is 33.0 Å². The van der Waals surface area contributed by atoms with Gasteiger partial charge in [0.25, 0.3) is 6.43 Å². The maximum Gasteiger partial charge on any atom is 0.411 e. The standard InChI is InChI=1S/C12H19F2NO5/c1-11(2,3)20-10(18)15-6-12(19-4,9(13)14)5-7(15)8(16)17/h7,9H,5-6H2,1-4H3,(H,16,17)/t7-,12-/m0/s1. The third-order valence-electron chi connectivity index (χ3n) is 3.07. The fourth-order valence-corrected chi connectivity index (χ4v) is 2.03. The van der Waals surface area contributed by atoms with Crippen molar-refractivity contribution in [2.45, 2.75) is 50.9 Å². The van der Waals surface area contributed by atoms with Crippen LogP contribution in [-0.4, -0.2) is 59.4 Å². The van der Waals surface area contributed by atoms with Crippen LogP contribution in [0.3, 0.4) is 0 Å². The molecule has 1 heterocycles. The van der Waals surface area contributed by atoms with E-state index >= 15 is 0 Å². The molecule has 0 aromatic rings. The van der Waals surface area contributed by atoms with Gasteiger partial charge >= 0.3 is 12.1 Å². The van der Waals surface area contributed by atoms with Gasteiger partial charge in [-0.25, -0.2) is 18.4 Å². The second kappa shape index (κ2) is 5.51. The lowest BCUT2D eigenvalue weighted by molar-refractivity contribution is -0.142. The van der Waals surface area contributed by atoms with Crippen molar-refractivity contribution in [2.24, 2.45) is 0 Å². The van der Waals surface area contributed by atoms with E-state index in [0.717, 1.165) is 12.0 Å². The van der Waals surface area contributed by atoms with Gasteiger partial charge in [-0.3, -0.25) is 4.90 Å². The van der Waals surface area contributed by atoms with Crippen LogP contribution in [0.25, 0.3) is 0 Å². The van der Waals surface area contributed by atoms with Crippen molar-refractivity contribution in [3.8, 4) is 0 Å². The number of nitrogens with zero attached hydrogens (tertiary/aromatic N) is 1. The Morgan fingerprint density at radius 1 is 1.40 bits per heavy atom. The van der Waals surface area contributed by atoms with Crippen LogP contribution in [0.15, 0.2) is 0 Å². The number of hydrogen-bond acceptors (Lipinski definition) is 4. The number of hydrogen-bond donors (Lipinski definition) is 1. The zero-order chi connectivity index (χ0) is 15.7. The molecular formula is C12H19F2NO5. The molecule has 1 rings (SSSR count). The molecule has 0 radical (unpaired) electrons. The Morgan fingerprint density at radius 3 is 2.30 bits per heavy atom. The first-order valence-electron chi connectivity index (χ1n) is 6.08. The largest absolute Gasteiger partial charge is 0.480 e. The Morgan fingerprint density at radius 2 is 1.95 bits per heavy atom. The van der Waals surface area contributed by atoms with Crippen molar-refractivity contribution in [1.29, 1.82) is 0 Å². The number of likely N-dealkylation sites (tertiary alicyclic amines) is 1. The van der Waals surface area contributed by atoms with Crippen LogP contribution in [0.5, 0.6) is 0 Å². The summed E-state index contributed by atoms with van der Waals surface area (Å²) >= 11 is 0. The quantitative estimate of drug-likeness (QED) is 0.858. The maximum atomic E-state index is 13.1. The van der Waals surface area contributed by atoms with E-state index in [1.807, 2.05) is 0 Å². The minimum Gasteiger partial charge on any atom is -0.480 e. The minimum atomic E-state index is -2.90. The van der Waals surface area contributed by atoms with Gasteiger partial charge in [0, 0.05) is 13.5 Å². The van der Waals surface area contributed by atoms with Gasteiger partial charge in [0.2, 0.25) is 0 Å². The number of ether oxygens (including phenoxy) is 2. The van der Waals surface area contributed by atoms with Crippen LogP contribution in [0.4, 0.5) is 13.6 Å². The third-order valence-corrected chi connectivity index (χ3v) is 3.07. The highest BCUT2D eigenvalue weighted by Gasteiger charge is 2.55. The first-order valence-corrected chi connectivity index (χ1v) is 6.08. The van der Waals surface area contributed by atoms with Crippen LogP contribution in [0, 0.1) is 0 Å². The normalized spacial score (nSPS) is 26.9. The molecule has 0 aromatic heterocycles. The third kappa shape index (κ3) is 3.36. The summed E-state index contributed by atoms with van der Waals surface area (Å²) in [4.78, 5) is 23.9. The molecule has 116 valence electrons. The Balaban J connectivity index is 2.99. The predicted molar refractivity (Wildman–Crippen MR) is 64.7 cm³/mol. The van der Waals surface area contributed by atoms with Crippen LogP contribution in [0.2, 0.25) is 0 Å². The van der Waals surface area contributed by atoms with Gasteiger partial charge in [0.1, 0.15) is 17.2 Å². The van der Waals surface area contributed by atoms with E-state index in [1.54, 1.807) is 20.8 Å². The maximum absolute atomic E-state index is 13.1. The molecule has 0 bridgehead atoms. The van der Waals surface area contributed by atoms with Gasteiger partial charge < -0.3 is 14.6 Å². The fourth-order valence-electron chi connectivity index (χ4n) is 2.03. The summed E-state index contributed by atoms with van der Waals surface area (Å²) in [5, 5.41) is 9.09. The molecule has 1 saturated heterocycles. The van der Waals surface area contributed by atoms with E-state index in [4.69, 9.17) is 14.6 Å². The Kier molecular flexibility index (Phi) is 4.58. The van der Waals surface area contributed by atoms with E-state index < -0.39 is 48.7 Å². The van der Waals surface area contributed by atoms with E-state index in [2.05, 4.69) is 0 Å². The molecule has 1 aliphatic rings. The van der Waals surface area contributed by atoms with Crippen molar-refractivity contribution in [2.75, 3.05) is 13.7 Å². The average molecular weight is 295 g/mol. The Hall–Kier alpha value is -1.44. The highest BCUT2D eigenvalue weighted by Crippen LogP contribution is 2.36.